The summed E-state index contributed by atoms with van der Waals surface area (Å²) in [5.41, 5.74) is 3.65. The maximum atomic E-state index is 13.2. The molecule has 7 heteroatoms. The summed E-state index contributed by atoms with van der Waals surface area (Å²) >= 11 is 0. The number of aromatic nitrogens is 3. The summed E-state index contributed by atoms with van der Waals surface area (Å²) < 4.78 is 10.9. The van der Waals surface area contributed by atoms with Gasteiger partial charge >= 0.3 is 0 Å². The van der Waals surface area contributed by atoms with Gasteiger partial charge in [0.2, 0.25) is 0 Å². The summed E-state index contributed by atoms with van der Waals surface area (Å²) in [6.45, 7) is 2.57. The lowest BCUT2D eigenvalue weighted by atomic mass is 9.89. The van der Waals surface area contributed by atoms with Crippen molar-refractivity contribution in [2.75, 3.05) is 6.54 Å². The van der Waals surface area contributed by atoms with Crippen molar-refractivity contribution in [1.82, 2.24) is 20.2 Å². The second-order valence-electron chi connectivity index (χ2n) is 7.96. The Balaban J connectivity index is 1.42. The molecule has 1 saturated heterocycles. The van der Waals surface area contributed by atoms with Crippen LogP contribution in [-0.4, -0.2) is 32.6 Å². The van der Waals surface area contributed by atoms with Gasteiger partial charge in [0.05, 0.1) is 6.04 Å². The summed E-state index contributed by atoms with van der Waals surface area (Å²) in [5, 5.41) is 7.89. The van der Waals surface area contributed by atoms with E-state index in [1.54, 1.807) is 0 Å². The number of rotatable bonds is 3. The first-order chi connectivity index (χ1) is 13.7. The van der Waals surface area contributed by atoms with Gasteiger partial charge < -0.3 is 9.32 Å². The number of aryl methyl sites for hydroxylation is 1. The summed E-state index contributed by atoms with van der Waals surface area (Å²) in [4.78, 5) is 19.7. The van der Waals surface area contributed by atoms with Crippen LogP contribution in [-0.2, 0) is 0 Å². The van der Waals surface area contributed by atoms with Crippen molar-refractivity contribution < 1.29 is 13.8 Å². The van der Waals surface area contributed by atoms with Gasteiger partial charge in [0.1, 0.15) is 16.9 Å². The van der Waals surface area contributed by atoms with Gasteiger partial charge in [-0.15, -0.1) is 0 Å². The SMILES string of the molecule is Cc1nonc1C1CCCN1C(=O)c1ccc2nc(C3CCCCC3)oc2c1. The Bertz CT molecular complexity index is 1000. The Labute approximate surface area is 163 Å². The summed E-state index contributed by atoms with van der Waals surface area (Å²) in [6.07, 6.45) is 7.86. The minimum Gasteiger partial charge on any atom is -0.440 e. The highest BCUT2D eigenvalue weighted by molar-refractivity contribution is 5.97. The van der Waals surface area contributed by atoms with Crippen LogP contribution in [0.4, 0.5) is 0 Å². The second-order valence-corrected chi connectivity index (χ2v) is 7.96. The molecule has 1 aromatic carbocycles. The van der Waals surface area contributed by atoms with Crippen LogP contribution >= 0.6 is 0 Å². The molecule has 0 radical (unpaired) electrons. The fourth-order valence-corrected chi connectivity index (χ4v) is 4.60. The van der Waals surface area contributed by atoms with Gasteiger partial charge in [0.25, 0.3) is 5.91 Å². The molecule has 0 N–H and O–H groups in total. The highest BCUT2D eigenvalue weighted by Gasteiger charge is 2.34. The topological polar surface area (TPSA) is 85.3 Å². The molecular formula is C21H24N4O3. The lowest BCUT2D eigenvalue weighted by Crippen LogP contribution is -2.31. The van der Waals surface area contributed by atoms with E-state index in [0.717, 1.165) is 48.5 Å². The number of nitrogens with zero attached hydrogens (tertiary/aromatic N) is 4. The van der Waals surface area contributed by atoms with E-state index in [2.05, 4.69) is 15.3 Å². The molecule has 2 fully saturated rings. The third-order valence-electron chi connectivity index (χ3n) is 6.12. The molecule has 1 amide bonds. The van der Waals surface area contributed by atoms with E-state index < -0.39 is 0 Å². The Morgan fingerprint density at radius 2 is 1.96 bits per heavy atom. The molecule has 2 aromatic heterocycles. The van der Waals surface area contributed by atoms with Gasteiger partial charge in [0, 0.05) is 18.0 Å². The zero-order valence-electron chi connectivity index (χ0n) is 16.1. The summed E-state index contributed by atoms with van der Waals surface area (Å²) in [5.74, 6) is 1.22. The number of likely N-dealkylation sites (tertiary alicyclic amines) is 1. The fourth-order valence-electron chi connectivity index (χ4n) is 4.60. The first-order valence-electron chi connectivity index (χ1n) is 10.2. The van der Waals surface area contributed by atoms with Crippen molar-refractivity contribution >= 4 is 17.0 Å². The predicted octanol–water partition coefficient (Wildman–Crippen LogP) is 4.54. The summed E-state index contributed by atoms with van der Waals surface area (Å²) in [7, 11) is 0. The molecule has 28 heavy (non-hydrogen) atoms. The minimum absolute atomic E-state index is 0.0117. The predicted molar refractivity (Wildman–Crippen MR) is 102 cm³/mol. The quantitative estimate of drug-likeness (QED) is 0.663. The highest BCUT2D eigenvalue weighted by atomic mass is 16.6. The van der Waals surface area contributed by atoms with Crippen molar-refractivity contribution in [3.8, 4) is 0 Å². The lowest BCUT2D eigenvalue weighted by molar-refractivity contribution is 0.0730. The zero-order valence-corrected chi connectivity index (χ0v) is 16.1. The Morgan fingerprint density at radius 3 is 2.75 bits per heavy atom. The second kappa shape index (κ2) is 7.04. The van der Waals surface area contributed by atoms with Gasteiger partial charge in [-0.1, -0.05) is 29.6 Å². The third-order valence-corrected chi connectivity index (χ3v) is 6.12. The highest BCUT2D eigenvalue weighted by Crippen LogP contribution is 2.35. The Hall–Kier alpha value is -2.70. The van der Waals surface area contributed by atoms with Crippen molar-refractivity contribution in [3.05, 3.63) is 41.0 Å². The maximum Gasteiger partial charge on any atom is 0.254 e. The molecule has 5 rings (SSSR count). The average molecular weight is 380 g/mol. The smallest absolute Gasteiger partial charge is 0.254 e. The first-order valence-corrected chi connectivity index (χ1v) is 10.2. The van der Waals surface area contributed by atoms with E-state index in [4.69, 9.17) is 9.05 Å². The van der Waals surface area contributed by atoms with Crippen molar-refractivity contribution in [2.24, 2.45) is 0 Å². The molecule has 1 aliphatic heterocycles. The van der Waals surface area contributed by atoms with Crippen LogP contribution in [0.3, 0.4) is 0 Å². The molecule has 1 aliphatic carbocycles. The van der Waals surface area contributed by atoms with E-state index >= 15 is 0 Å². The van der Waals surface area contributed by atoms with Gasteiger partial charge in [-0.25, -0.2) is 9.61 Å². The molecule has 2 aliphatic rings. The van der Waals surface area contributed by atoms with Crippen LogP contribution in [0.1, 0.15) is 84.5 Å². The molecule has 0 spiro atoms. The van der Waals surface area contributed by atoms with Crippen molar-refractivity contribution in [1.29, 1.82) is 0 Å². The Morgan fingerprint density at radius 1 is 1.11 bits per heavy atom. The molecule has 7 nitrogen and oxygen atoms in total. The normalized spacial score (nSPS) is 20.9. The maximum absolute atomic E-state index is 13.2. The molecule has 1 unspecified atom stereocenters. The van der Waals surface area contributed by atoms with Gasteiger partial charge in [-0.05, 0) is 50.8 Å². The van der Waals surface area contributed by atoms with Crippen LogP contribution in [0, 0.1) is 6.92 Å². The first kappa shape index (κ1) is 17.4. The standard InChI is InChI=1S/C21H24N4O3/c1-13-19(24-28-23-13)17-8-5-11-25(17)21(26)15-9-10-16-18(12-15)27-20(22-16)14-6-3-2-4-7-14/h9-10,12,14,17H,2-8,11H2,1H3. The largest absolute Gasteiger partial charge is 0.440 e. The monoisotopic (exact) mass is 380 g/mol. The molecule has 1 saturated carbocycles. The van der Waals surface area contributed by atoms with E-state index in [1.807, 2.05) is 30.0 Å². The van der Waals surface area contributed by atoms with Crippen molar-refractivity contribution in [3.63, 3.8) is 0 Å². The lowest BCUT2D eigenvalue weighted by Gasteiger charge is -2.23. The Kier molecular flexibility index (Phi) is 4.37. The molecular weight excluding hydrogens is 356 g/mol. The van der Waals surface area contributed by atoms with Gasteiger partial charge in [-0.2, -0.15) is 0 Å². The number of carbonyl (C=O) groups excluding carboxylic acids is 1. The van der Waals surface area contributed by atoms with Crippen LogP contribution in [0.25, 0.3) is 11.1 Å². The number of hydrogen-bond acceptors (Lipinski definition) is 6. The third kappa shape index (κ3) is 2.99. The van der Waals surface area contributed by atoms with E-state index in [0.29, 0.717) is 23.6 Å². The van der Waals surface area contributed by atoms with Crippen LogP contribution in [0.5, 0.6) is 0 Å². The number of fused-ring (bicyclic) bond motifs is 1. The minimum atomic E-state index is -0.0815. The molecule has 3 heterocycles. The molecule has 146 valence electrons. The van der Waals surface area contributed by atoms with Crippen LogP contribution < -0.4 is 0 Å². The van der Waals surface area contributed by atoms with E-state index in [9.17, 15) is 4.79 Å². The number of benzene rings is 1. The number of amides is 1. The molecule has 3 aromatic rings. The van der Waals surface area contributed by atoms with Gasteiger partial charge in [0.15, 0.2) is 11.5 Å². The van der Waals surface area contributed by atoms with Crippen molar-refractivity contribution in [2.45, 2.75) is 63.8 Å². The zero-order chi connectivity index (χ0) is 19.1. The van der Waals surface area contributed by atoms with Crippen LogP contribution in [0.15, 0.2) is 27.2 Å². The number of carbonyl (C=O) groups is 1. The average Bonchev–Trinajstić information content (AvgIpc) is 3.46. The number of oxazole rings is 1. The van der Waals surface area contributed by atoms with Crippen LogP contribution in [0.2, 0.25) is 0 Å². The van der Waals surface area contributed by atoms with E-state index in [1.165, 1.54) is 19.3 Å². The van der Waals surface area contributed by atoms with E-state index in [-0.39, 0.29) is 11.9 Å². The molecule has 0 bridgehead atoms. The molecule has 1 atom stereocenters. The summed E-state index contributed by atoms with van der Waals surface area (Å²) in [6, 6.07) is 5.50. The fraction of sp³-hybridized carbons (Fsp3) is 0.524. The number of hydrogen-bond donors (Lipinski definition) is 0. The van der Waals surface area contributed by atoms with Gasteiger partial charge in [-0.3, -0.25) is 4.79 Å².